The second-order valence-corrected chi connectivity index (χ2v) is 10.7. The van der Waals surface area contributed by atoms with Crippen molar-refractivity contribution in [2.24, 2.45) is 0 Å². The highest BCUT2D eigenvalue weighted by molar-refractivity contribution is 5.92. The molecule has 0 aliphatic heterocycles. The number of ether oxygens (including phenoxy) is 1. The van der Waals surface area contributed by atoms with E-state index in [2.05, 4.69) is 17.6 Å². The summed E-state index contributed by atoms with van der Waals surface area (Å²) in [6.45, 7) is 12.3. The molecule has 7 nitrogen and oxygen atoms in total. The molecule has 2 aromatic rings. The number of carbonyl (C=O) groups excluding carboxylic acids is 3. The zero-order valence-corrected chi connectivity index (χ0v) is 23.9. The lowest BCUT2D eigenvalue weighted by Crippen LogP contribution is -2.54. The number of unbranched alkanes of at least 4 members (excludes halogenated alkanes) is 2. The van der Waals surface area contributed by atoms with E-state index in [0.29, 0.717) is 19.5 Å². The topological polar surface area (TPSA) is 87.7 Å². The van der Waals surface area contributed by atoms with Crippen molar-refractivity contribution < 1.29 is 19.1 Å². The molecule has 3 amide bonds. The molecule has 0 saturated heterocycles. The molecule has 38 heavy (non-hydrogen) atoms. The van der Waals surface area contributed by atoms with Gasteiger partial charge in [0.15, 0.2) is 0 Å². The van der Waals surface area contributed by atoms with Crippen molar-refractivity contribution in [1.29, 1.82) is 0 Å². The van der Waals surface area contributed by atoms with E-state index in [9.17, 15) is 14.4 Å². The molecule has 0 heterocycles. The van der Waals surface area contributed by atoms with Crippen LogP contribution in [0.5, 0.6) is 0 Å². The summed E-state index contributed by atoms with van der Waals surface area (Å²) in [6.07, 6.45) is 3.21. The van der Waals surface area contributed by atoms with Crippen LogP contribution in [0.1, 0.15) is 83.0 Å². The van der Waals surface area contributed by atoms with Crippen molar-refractivity contribution in [3.8, 4) is 0 Å². The zero-order valence-electron chi connectivity index (χ0n) is 23.9. The molecular formula is C31H45N3O4. The first-order valence-electron chi connectivity index (χ1n) is 13.7. The van der Waals surface area contributed by atoms with Crippen molar-refractivity contribution in [1.82, 2.24) is 15.5 Å². The minimum absolute atomic E-state index is 0.215. The summed E-state index contributed by atoms with van der Waals surface area (Å²) in [6, 6.07) is 15.5. The minimum Gasteiger partial charge on any atom is -0.444 e. The van der Waals surface area contributed by atoms with Crippen LogP contribution < -0.4 is 10.6 Å². The Balaban J connectivity index is 2.46. The lowest BCUT2D eigenvalue weighted by Gasteiger charge is -2.35. The quantitative estimate of drug-likeness (QED) is 0.329. The monoisotopic (exact) mass is 523 g/mol. The first-order chi connectivity index (χ1) is 18.1. The third kappa shape index (κ3) is 9.84. The van der Waals surface area contributed by atoms with Crippen LogP contribution in [0.2, 0.25) is 0 Å². The molecule has 7 heteroatoms. The van der Waals surface area contributed by atoms with E-state index >= 15 is 0 Å². The minimum atomic E-state index is -0.904. The Kier molecular flexibility index (Phi) is 12.3. The summed E-state index contributed by atoms with van der Waals surface area (Å²) in [5.74, 6) is -0.536. The van der Waals surface area contributed by atoms with Crippen molar-refractivity contribution in [3.63, 3.8) is 0 Å². The molecule has 0 aromatic heterocycles. The molecule has 2 atom stereocenters. The van der Waals surface area contributed by atoms with Crippen LogP contribution >= 0.6 is 0 Å². The molecule has 0 saturated carbocycles. The van der Waals surface area contributed by atoms with Crippen LogP contribution in [0.4, 0.5) is 4.79 Å². The van der Waals surface area contributed by atoms with Gasteiger partial charge in [-0.3, -0.25) is 9.59 Å². The average Bonchev–Trinajstić information content (AvgIpc) is 2.86. The highest BCUT2D eigenvalue weighted by Crippen LogP contribution is 2.26. The lowest BCUT2D eigenvalue weighted by atomic mass is 9.97. The number of benzene rings is 2. The maximum Gasteiger partial charge on any atom is 0.408 e. The second-order valence-electron chi connectivity index (χ2n) is 10.7. The maximum absolute atomic E-state index is 14.2. The molecule has 0 radical (unpaired) electrons. The molecule has 0 spiro atoms. The number of carbonyl (C=O) groups is 3. The zero-order chi connectivity index (χ0) is 28.1. The molecule has 2 unspecified atom stereocenters. The Morgan fingerprint density at radius 1 is 0.921 bits per heavy atom. The van der Waals surface area contributed by atoms with Gasteiger partial charge in [-0.05, 0) is 57.2 Å². The highest BCUT2D eigenvalue weighted by Gasteiger charge is 2.36. The van der Waals surface area contributed by atoms with Gasteiger partial charge in [0.05, 0.1) is 0 Å². The summed E-state index contributed by atoms with van der Waals surface area (Å²) < 4.78 is 5.48. The van der Waals surface area contributed by atoms with Crippen molar-refractivity contribution >= 4 is 17.9 Å². The lowest BCUT2D eigenvalue weighted by molar-refractivity contribution is -0.142. The van der Waals surface area contributed by atoms with E-state index in [1.165, 1.54) is 0 Å². The molecular weight excluding hydrogens is 478 g/mol. The van der Waals surface area contributed by atoms with Gasteiger partial charge in [0.2, 0.25) is 11.8 Å². The van der Waals surface area contributed by atoms with Crippen molar-refractivity contribution in [2.45, 2.75) is 91.3 Å². The Bertz CT molecular complexity index is 1030. The molecule has 0 aliphatic rings. The molecule has 0 fully saturated rings. The van der Waals surface area contributed by atoms with E-state index in [0.717, 1.165) is 36.0 Å². The molecule has 0 bridgehead atoms. The van der Waals surface area contributed by atoms with E-state index in [1.807, 2.05) is 68.4 Å². The SMILES string of the molecule is CCCCCNC(=O)C(c1ccccc1C)N(CCC)C(=O)C(Cc1ccccc1)NC(=O)OC(C)(C)C. The average molecular weight is 524 g/mol. The van der Waals surface area contributed by atoms with Crippen molar-refractivity contribution in [2.75, 3.05) is 13.1 Å². The third-order valence-corrected chi connectivity index (χ3v) is 6.14. The van der Waals surface area contributed by atoms with E-state index in [4.69, 9.17) is 4.74 Å². The predicted octanol–water partition coefficient (Wildman–Crippen LogP) is 5.72. The molecule has 0 aliphatic carbocycles. The number of rotatable bonds is 13. The summed E-state index contributed by atoms with van der Waals surface area (Å²) in [5.41, 5.74) is 1.89. The van der Waals surface area contributed by atoms with Gasteiger partial charge >= 0.3 is 6.09 Å². The fourth-order valence-corrected chi connectivity index (χ4v) is 4.33. The van der Waals surface area contributed by atoms with Gasteiger partial charge in [0.1, 0.15) is 17.7 Å². The number of amides is 3. The Morgan fingerprint density at radius 3 is 2.18 bits per heavy atom. The summed E-state index contributed by atoms with van der Waals surface area (Å²) in [7, 11) is 0. The van der Waals surface area contributed by atoms with Gasteiger partial charge in [0.25, 0.3) is 0 Å². The van der Waals surface area contributed by atoms with Gasteiger partial charge < -0.3 is 20.3 Å². The van der Waals surface area contributed by atoms with Crippen LogP contribution in [0.25, 0.3) is 0 Å². The van der Waals surface area contributed by atoms with Crippen LogP contribution in [-0.4, -0.2) is 47.5 Å². The number of alkyl carbamates (subject to hydrolysis) is 1. The fourth-order valence-electron chi connectivity index (χ4n) is 4.33. The highest BCUT2D eigenvalue weighted by atomic mass is 16.6. The largest absolute Gasteiger partial charge is 0.444 e. The normalized spacial score (nSPS) is 12.8. The van der Waals surface area contributed by atoms with Crippen LogP contribution in [0.15, 0.2) is 54.6 Å². The van der Waals surface area contributed by atoms with Gasteiger partial charge in [-0.25, -0.2) is 4.79 Å². The number of nitrogens with one attached hydrogen (secondary N) is 2. The van der Waals surface area contributed by atoms with E-state index < -0.39 is 23.8 Å². The summed E-state index contributed by atoms with van der Waals surface area (Å²) >= 11 is 0. The summed E-state index contributed by atoms with van der Waals surface area (Å²) in [4.78, 5) is 42.3. The van der Waals surface area contributed by atoms with E-state index in [-0.39, 0.29) is 18.2 Å². The number of hydrogen-bond acceptors (Lipinski definition) is 4. The fraction of sp³-hybridized carbons (Fsp3) is 0.516. The summed E-state index contributed by atoms with van der Waals surface area (Å²) in [5, 5.41) is 5.85. The van der Waals surface area contributed by atoms with Crippen LogP contribution in [0.3, 0.4) is 0 Å². The smallest absolute Gasteiger partial charge is 0.408 e. The number of hydrogen-bond donors (Lipinski definition) is 2. The van der Waals surface area contributed by atoms with Crippen LogP contribution in [-0.2, 0) is 20.7 Å². The Morgan fingerprint density at radius 2 is 1.58 bits per heavy atom. The van der Waals surface area contributed by atoms with Crippen LogP contribution in [0, 0.1) is 6.92 Å². The van der Waals surface area contributed by atoms with Gasteiger partial charge in [0, 0.05) is 19.5 Å². The predicted molar refractivity (Wildman–Crippen MR) is 152 cm³/mol. The second kappa shape index (κ2) is 15.2. The Hall–Kier alpha value is -3.35. The molecule has 208 valence electrons. The van der Waals surface area contributed by atoms with Gasteiger partial charge in [-0.2, -0.15) is 0 Å². The first-order valence-corrected chi connectivity index (χ1v) is 13.7. The standard InChI is InChI=1S/C31H45N3O4/c1-7-9-15-20-32-28(35)27(25-19-14-13-16-23(25)3)34(21-8-2)29(36)26(22-24-17-11-10-12-18-24)33-30(37)38-31(4,5)6/h10-14,16-19,26-27H,7-9,15,20-22H2,1-6H3,(H,32,35)(H,33,37). The van der Waals surface area contributed by atoms with Gasteiger partial charge in [-0.1, -0.05) is 81.3 Å². The molecule has 2 aromatic carbocycles. The van der Waals surface area contributed by atoms with Gasteiger partial charge in [-0.15, -0.1) is 0 Å². The molecule has 2 N–H and O–H groups in total. The van der Waals surface area contributed by atoms with E-state index in [1.54, 1.807) is 25.7 Å². The first kappa shape index (κ1) is 30.9. The molecule has 2 rings (SSSR count). The number of nitrogens with zero attached hydrogens (tertiary/aromatic N) is 1. The maximum atomic E-state index is 14.2. The number of aryl methyl sites for hydroxylation is 1. The third-order valence-electron chi connectivity index (χ3n) is 6.14. The Labute approximate surface area is 228 Å². The van der Waals surface area contributed by atoms with Crippen molar-refractivity contribution in [3.05, 3.63) is 71.3 Å².